The molecule has 24 heavy (non-hydrogen) atoms. The molecule has 2 aromatic carbocycles. The molecule has 0 N–H and O–H groups in total. The Morgan fingerprint density at radius 2 is 1.92 bits per heavy atom. The summed E-state index contributed by atoms with van der Waals surface area (Å²) in [5, 5.41) is 19.6. The molecule has 7 heteroatoms. The van der Waals surface area contributed by atoms with Crippen molar-refractivity contribution in [2.24, 2.45) is 0 Å². The Morgan fingerprint density at radius 1 is 1.25 bits per heavy atom. The van der Waals surface area contributed by atoms with E-state index in [2.05, 4.69) is 0 Å². The summed E-state index contributed by atoms with van der Waals surface area (Å²) in [6, 6.07) is 14.3. The van der Waals surface area contributed by atoms with Gasteiger partial charge in [0.15, 0.2) is 6.10 Å². The standard InChI is InChI=1S/C17H14N2O5/c1-12(24-15-8-6-13(10-18)7-9-15)17(20)23-11-14-4-2-3-5-16(14)19(21)22/h2-9,12H,11H2,1H3/t12-/m1/s1. The monoisotopic (exact) mass is 326 g/mol. The Kier molecular flexibility index (Phi) is 5.47. The SMILES string of the molecule is C[C@@H](Oc1ccc(C#N)cc1)C(=O)OCc1ccccc1[N+](=O)[O-]. The topological polar surface area (TPSA) is 102 Å². The van der Waals surface area contributed by atoms with Crippen LogP contribution in [0.4, 0.5) is 5.69 Å². The van der Waals surface area contributed by atoms with Crippen molar-refractivity contribution in [2.75, 3.05) is 0 Å². The quantitative estimate of drug-likeness (QED) is 0.459. The summed E-state index contributed by atoms with van der Waals surface area (Å²) in [7, 11) is 0. The summed E-state index contributed by atoms with van der Waals surface area (Å²) < 4.78 is 10.5. The second kappa shape index (κ2) is 7.74. The highest BCUT2D eigenvalue weighted by molar-refractivity contribution is 5.74. The normalized spacial score (nSPS) is 11.2. The maximum atomic E-state index is 12.0. The minimum absolute atomic E-state index is 0.106. The van der Waals surface area contributed by atoms with Crippen molar-refractivity contribution >= 4 is 11.7 Å². The van der Waals surface area contributed by atoms with Gasteiger partial charge in [-0.3, -0.25) is 10.1 Å². The zero-order chi connectivity index (χ0) is 17.5. The smallest absolute Gasteiger partial charge is 0.347 e. The lowest BCUT2D eigenvalue weighted by Crippen LogP contribution is -2.26. The number of para-hydroxylation sites is 1. The average molecular weight is 326 g/mol. The molecule has 0 saturated heterocycles. The summed E-state index contributed by atoms with van der Waals surface area (Å²) in [6.45, 7) is 1.30. The molecule has 0 saturated carbocycles. The van der Waals surface area contributed by atoms with E-state index < -0.39 is 17.0 Å². The van der Waals surface area contributed by atoms with Crippen LogP contribution in [-0.4, -0.2) is 17.0 Å². The van der Waals surface area contributed by atoms with E-state index in [-0.39, 0.29) is 12.3 Å². The number of ether oxygens (including phenoxy) is 2. The molecule has 0 radical (unpaired) electrons. The number of benzene rings is 2. The first-order valence-corrected chi connectivity index (χ1v) is 7.07. The number of hydrogen-bond donors (Lipinski definition) is 0. The van der Waals surface area contributed by atoms with Crippen LogP contribution < -0.4 is 4.74 Å². The molecule has 0 aliphatic carbocycles. The van der Waals surface area contributed by atoms with Crippen LogP contribution in [0.5, 0.6) is 5.75 Å². The number of hydrogen-bond acceptors (Lipinski definition) is 6. The largest absolute Gasteiger partial charge is 0.479 e. The first kappa shape index (κ1) is 17.0. The minimum Gasteiger partial charge on any atom is -0.479 e. The molecule has 0 amide bonds. The van der Waals surface area contributed by atoms with E-state index in [1.54, 1.807) is 36.4 Å². The minimum atomic E-state index is -0.888. The van der Waals surface area contributed by atoms with Crippen LogP contribution in [-0.2, 0) is 16.1 Å². The third kappa shape index (κ3) is 4.30. The molecule has 0 aromatic heterocycles. The molecular weight excluding hydrogens is 312 g/mol. The van der Waals surface area contributed by atoms with Gasteiger partial charge in [0.1, 0.15) is 12.4 Å². The van der Waals surface area contributed by atoms with Crippen LogP contribution in [0.25, 0.3) is 0 Å². The van der Waals surface area contributed by atoms with Gasteiger partial charge >= 0.3 is 5.97 Å². The molecule has 0 fully saturated rings. The van der Waals surface area contributed by atoms with Crippen molar-refractivity contribution in [1.29, 1.82) is 5.26 Å². The Bertz CT molecular complexity index is 780. The van der Waals surface area contributed by atoms with Crippen LogP contribution in [0, 0.1) is 21.4 Å². The fourth-order valence-corrected chi connectivity index (χ4v) is 1.94. The van der Waals surface area contributed by atoms with E-state index in [0.717, 1.165) is 0 Å². The molecule has 7 nitrogen and oxygen atoms in total. The van der Waals surface area contributed by atoms with E-state index in [1.807, 2.05) is 6.07 Å². The fourth-order valence-electron chi connectivity index (χ4n) is 1.94. The van der Waals surface area contributed by atoms with Crippen molar-refractivity contribution in [1.82, 2.24) is 0 Å². The number of carbonyl (C=O) groups is 1. The summed E-state index contributed by atoms with van der Waals surface area (Å²) in [6.07, 6.45) is -0.888. The summed E-state index contributed by atoms with van der Waals surface area (Å²) >= 11 is 0. The number of nitro benzene ring substituents is 1. The fraction of sp³-hybridized carbons (Fsp3) is 0.176. The first-order valence-electron chi connectivity index (χ1n) is 7.07. The van der Waals surface area contributed by atoms with Crippen molar-refractivity contribution in [3.05, 3.63) is 69.8 Å². The molecular formula is C17H14N2O5. The summed E-state index contributed by atoms with van der Waals surface area (Å²) in [4.78, 5) is 22.3. The predicted octanol–water partition coefficient (Wildman–Crippen LogP) is 2.98. The van der Waals surface area contributed by atoms with Crippen molar-refractivity contribution in [3.8, 4) is 11.8 Å². The Hall–Kier alpha value is -3.40. The van der Waals surface area contributed by atoms with Crippen LogP contribution in [0.2, 0.25) is 0 Å². The maximum absolute atomic E-state index is 12.0. The van der Waals surface area contributed by atoms with Gasteiger partial charge in [-0.1, -0.05) is 12.1 Å². The van der Waals surface area contributed by atoms with E-state index >= 15 is 0 Å². The average Bonchev–Trinajstić information content (AvgIpc) is 2.60. The number of carbonyl (C=O) groups excluding carboxylic acids is 1. The number of nitriles is 1. The zero-order valence-electron chi connectivity index (χ0n) is 12.8. The van der Waals surface area contributed by atoms with Crippen molar-refractivity contribution in [2.45, 2.75) is 19.6 Å². The van der Waals surface area contributed by atoms with Crippen LogP contribution >= 0.6 is 0 Å². The predicted molar refractivity (Wildman–Crippen MR) is 84.1 cm³/mol. The summed E-state index contributed by atoms with van der Waals surface area (Å²) in [5.41, 5.74) is 0.682. The zero-order valence-corrected chi connectivity index (χ0v) is 12.8. The third-order valence-corrected chi connectivity index (χ3v) is 3.19. The highest BCUT2D eigenvalue weighted by atomic mass is 16.6. The van der Waals surface area contributed by atoms with Crippen LogP contribution in [0.15, 0.2) is 48.5 Å². The van der Waals surface area contributed by atoms with Gasteiger partial charge in [-0.25, -0.2) is 4.79 Å². The maximum Gasteiger partial charge on any atom is 0.347 e. The van der Waals surface area contributed by atoms with Gasteiger partial charge in [-0.2, -0.15) is 5.26 Å². The molecule has 0 aliphatic heterocycles. The van der Waals surface area contributed by atoms with E-state index in [1.165, 1.54) is 19.1 Å². The van der Waals surface area contributed by atoms with Crippen LogP contribution in [0.1, 0.15) is 18.1 Å². The lowest BCUT2D eigenvalue weighted by atomic mass is 10.2. The van der Waals surface area contributed by atoms with E-state index in [9.17, 15) is 14.9 Å². The molecule has 0 bridgehead atoms. The molecule has 0 spiro atoms. The highest BCUT2D eigenvalue weighted by Gasteiger charge is 2.19. The number of esters is 1. The molecule has 122 valence electrons. The van der Waals surface area contributed by atoms with E-state index in [0.29, 0.717) is 16.9 Å². The third-order valence-electron chi connectivity index (χ3n) is 3.19. The Labute approximate surface area is 138 Å². The molecule has 0 unspecified atom stereocenters. The van der Waals surface area contributed by atoms with E-state index in [4.69, 9.17) is 14.7 Å². The second-order valence-corrected chi connectivity index (χ2v) is 4.89. The van der Waals surface area contributed by atoms with Gasteiger partial charge in [-0.05, 0) is 37.3 Å². The van der Waals surface area contributed by atoms with Gasteiger partial charge in [-0.15, -0.1) is 0 Å². The first-order chi connectivity index (χ1) is 11.5. The lowest BCUT2D eigenvalue weighted by molar-refractivity contribution is -0.385. The van der Waals surface area contributed by atoms with Crippen LogP contribution in [0.3, 0.4) is 0 Å². The van der Waals surface area contributed by atoms with Gasteiger partial charge in [0.05, 0.1) is 22.1 Å². The van der Waals surface area contributed by atoms with Gasteiger partial charge < -0.3 is 9.47 Å². The number of nitro groups is 1. The Morgan fingerprint density at radius 3 is 2.54 bits per heavy atom. The van der Waals surface area contributed by atoms with Crippen molar-refractivity contribution < 1.29 is 19.2 Å². The van der Waals surface area contributed by atoms with Gasteiger partial charge in [0.25, 0.3) is 5.69 Å². The Balaban J connectivity index is 1.94. The second-order valence-electron chi connectivity index (χ2n) is 4.89. The van der Waals surface area contributed by atoms with Gasteiger partial charge in [0, 0.05) is 6.07 Å². The molecule has 2 aromatic rings. The van der Waals surface area contributed by atoms with Gasteiger partial charge in [0.2, 0.25) is 0 Å². The molecule has 0 heterocycles. The molecule has 0 aliphatic rings. The number of nitrogens with zero attached hydrogens (tertiary/aromatic N) is 2. The van der Waals surface area contributed by atoms with Crippen molar-refractivity contribution in [3.63, 3.8) is 0 Å². The summed E-state index contributed by atoms with van der Waals surface area (Å²) in [5.74, 6) is -0.221. The molecule has 2 rings (SSSR count). The molecule has 1 atom stereocenters. The highest BCUT2D eigenvalue weighted by Crippen LogP contribution is 2.19. The lowest BCUT2D eigenvalue weighted by Gasteiger charge is -2.14. The number of rotatable bonds is 6.